The molecule has 1 N–H and O–H groups in total. The molecular formula is C9H7Cl2N3O2S2. The van der Waals surface area contributed by atoms with Crippen molar-refractivity contribution in [1.82, 2.24) is 9.97 Å². The Hall–Kier alpha value is -0.890. The van der Waals surface area contributed by atoms with Gasteiger partial charge in [0.1, 0.15) is 0 Å². The fourth-order valence-electron chi connectivity index (χ4n) is 1.24. The van der Waals surface area contributed by atoms with E-state index in [0.717, 1.165) is 11.3 Å². The predicted octanol–water partition coefficient (Wildman–Crippen LogP) is 2.95. The summed E-state index contributed by atoms with van der Waals surface area (Å²) in [6.07, 6.45) is 2.80. The SMILES string of the molecule is Cc1nc(Cl)sc1S(=O)(=O)Nc1cnccc1Cl. The molecule has 0 aromatic carbocycles. The van der Waals surface area contributed by atoms with E-state index in [2.05, 4.69) is 14.7 Å². The summed E-state index contributed by atoms with van der Waals surface area (Å²) in [6.45, 7) is 1.57. The molecule has 2 aromatic rings. The Morgan fingerprint density at radius 1 is 1.39 bits per heavy atom. The van der Waals surface area contributed by atoms with Crippen LogP contribution in [0.3, 0.4) is 0 Å². The second-order valence-corrected chi connectivity index (χ2v) is 7.17. The first-order valence-electron chi connectivity index (χ1n) is 4.65. The number of hydrogen-bond donors (Lipinski definition) is 1. The summed E-state index contributed by atoms with van der Waals surface area (Å²) in [7, 11) is -3.75. The number of rotatable bonds is 3. The molecule has 96 valence electrons. The maximum atomic E-state index is 12.1. The van der Waals surface area contributed by atoms with Crippen molar-refractivity contribution in [2.45, 2.75) is 11.1 Å². The van der Waals surface area contributed by atoms with Crippen molar-refractivity contribution < 1.29 is 8.42 Å². The van der Waals surface area contributed by atoms with Crippen molar-refractivity contribution in [3.05, 3.63) is 33.6 Å². The van der Waals surface area contributed by atoms with E-state index in [-0.39, 0.29) is 19.4 Å². The lowest BCUT2D eigenvalue weighted by Gasteiger charge is -2.07. The van der Waals surface area contributed by atoms with E-state index in [1.165, 1.54) is 18.5 Å². The summed E-state index contributed by atoms with van der Waals surface area (Å²) < 4.78 is 26.8. The van der Waals surface area contributed by atoms with Gasteiger partial charge in [-0.15, -0.1) is 0 Å². The fourth-order valence-corrected chi connectivity index (χ4v) is 4.26. The Morgan fingerprint density at radius 3 is 2.67 bits per heavy atom. The van der Waals surface area contributed by atoms with Crippen LogP contribution < -0.4 is 4.72 Å². The van der Waals surface area contributed by atoms with Crippen molar-refractivity contribution in [1.29, 1.82) is 0 Å². The number of thiazole rings is 1. The predicted molar refractivity (Wildman–Crippen MR) is 71.9 cm³/mol. The van der Waals surface area contributed by atoms with Crippen LogP contribution in [0.1, 0.15) is 5.69 Å². The summed E-state index contributed by atoms with van der Waals surface area (Å²) in [5.41, 5.74) is 0.556. The molecule has 0 amide bonds. The quantitative estimate of drug-likeness (QED) is 0.942. The van der Waals surface area contributed by atoms with Crippen LogP contribution in [0.2, 0.25) is 9.49 Å². The minimum atomic E-state index is -3.75. The van der Waals surface area contributed by atoms with Crippen molar-refractivity contribution >= 4 is 50.2 Å². The van der Waals surface area contributed by atoms with Crippen LogP contribution in [0.4, 0.5) is 5.69 Å². The molecule has 2 aromatic heterocycles. The second kappa shape index (κ2) is 5.00. The number of sulfonamides is 1. The van der Waals surface area contributed by atoms with Crippen LogP contribution in [-0.2, 0) is 10.0 Å². The number of nitrogens with zero attached hydrogens (tertiary/aromatic N) is 2. The molecule has 0 aliphatic carbocycles. The minimum absolute atomic E-state index is 0.0624. The molecule has 5 nitrogen and oxygen atoms in total. The van der Waals surface area contributed by atoms with Gasteiger partial charge in [-0.2, -0.15) is 0 Å². The zero-order valence-corrected chi connectivity index (χ0v) is 12.2. The summed E-state index contributed by atoms with van der Waals surface area (Å²) in [4.78, 5) is 7.66. The van der Waals surface area contributed by atoms with Crippen LogP contribution in [0.25, 0.3) is 0 Å². The summed E-state index contributed by atoms with van der Waals surface area (Å²) in [6, 6.07) is 1.49. The van der Waals surface area contributed by atoms with Gasteiger partial charge in [-0.3, -0.25) is 9.71 Å². The minimum Gasteiger partial charge on any atom is -0.276 e. The molecule has 0 unspecified atom stereocenters. The Kier molecular flexibility index (Phi) is 3.76. The molecule has 0 bridgehead atoms. The Balaban J connectivity index is 2.40. The lowest BCUT2D eigenvalue weighted by Crippen LogP contribution is -2.13. The Bertz CT molecular complexity index is 685. The zero-order valence-electron chi connectivity index (χ0n) is 9.02. The van der Waals surface area contributed by atoms with E-state index in [9.17, 15) is 8.42 Å². The van der Waals surface area contributed by atoms with Crippen LogP contribution in [-0.4, -0.2) is 18.4 Å². The van der Waals surface area contributed by atoms with Gasteiger partial charge < -0.3 is 0 Å². The largest absolute Gasteiger partial charge is 0.276 e. The lowest BCUT2D eigenvalue weighted by atomic mass is 10.4. The average Bonchev–Trinajstić information content (AvgIpc) is 2.62. The van der Waals surface area contributed by atoms with Crippen molar-refractivity contribution in [2.75, 3.05) is 4.72 Å². The standard InChI is InChI=1S/C9H7Cl2N3O2S2/c1-5-8(17-9(11)13-5)18(15,16)14-7-4-12-3-2-6(7)10/h2-4,14H,1H3. The van der Waals surface area contributed by atoms with E-state index < -0.39 is 10.0 Å². The molecule has 0 aliphatic rings. The first kappa shape index (κ1) is 13.5. The number of nitrogens with one attached hydrogen (secondary N) is 1. The number of hydrogen-bond acceptors (Lipinski definition) is 5. The van der Waals surface area contributed by atoms with E-state index in [4.69, 9.17) is 23.2 Å². The number of aryl methyl sites for hydroxylation is 1. The molecule has 0 spiro atoms. The highest BCUT2D eigenvalue weighted by Gasteiger charge is 2.22. The lowest BCUT2D eigenvalue weighted by molar-refractivity contribution is 0.602. The molecule has 2 heterocycles. The van der Waals surface area contributed by atoms with Gasteiger partial charge in [-0.05, 0) is 13.0 Å². The highest BCUT2D eigenvalue weighted by molar-refractivity contribution is 7.94. The van der Waals surface area contributed by atoms with Crippen LogP contribution >= 0.6 is 34.5 Å². The van der Waals surface area contributed by atoms with E-state index in [0.29, 0.717) is 5.69 Å². The van der Waals surface area contributed by atoms with Gasteiger partial charge in [-0.25, -0.2) is 13.4 Å². The van der Waals surface area contributed by atoms with Gasteiger partial charge in [0, 0.05) is 6.20 Å². The molecule has 0 saturated heterocycles. The van der Waals surface area contributed by atoms with E-state index in [1.54, 1.807) is 6.92 Å². The van der Waals surface area contributed by atoms with Crippen LogP contribution in [0.5, 0.6) is 0 Å². The smallest absolute Gasteiger partial charge is 0.273 e. The third-order valence-electron chi connectivity index (χ3n) is 1.98. The maximum Gasteiger partial charge on any atom is 0.273 e. The molecule has 0 radical (unpaired) electrons. The van der Waals surface area contributed by atoms with Crippen LogP contribution in [0.15, 0.2) is 22.7 Å². The van der Waals surface area contributed by atoms with Gasteiger partial charge >= 0.3 is 0 Å². The number of aromatic nitrogens is 2. The number of halogens is 2. The fraction of sp³-hybridized carbons (Fsp3) is 0.111. The first-order chi connectivity index (χ1) is 8.40. The average molecular weight is 324 g/mol. The van der Waals surface area contributed by atoms with Gasteiger partial charge in [-0.1, -0.05) is 34.5 Å². The summed E-state index contributed by atoms with van der Waals surface area (Å²) in [5, 5.41) is 0.266. The van der Waals surface area contributed by atoms with Crippen molar-refractivity contribution in [3.8, 4) is 0 Å². The zero-order chi connectivity index (χ0) is 13.3. The van der Waals surface area contributed by atoms with Gasteiger partial charge in [0.15, 0.2) is 8.68 Å². The maximum absolute atomic E-state index is 12.1. The third kappa shape index (κ3) is 2.74. The second-order valence-electron chi connectivity index (χ2n) is 3.30. The molecule has 2 rings (SSSR count). The van der Waals surface area contributed by atoms with E-state index >= 15 is 0 Å². The van der Waals surface area contributed by atoms with Crippen molar-refractivity contribution in [3.63, 3.8) is 0 Å². The van der Waals surface area contributed by atoms with Gasteiger partial charge in [0.2, 0.25) is 0 Å². The Labute approximate surface area is 118 Å². The third-order valence-corrected chi connectivity index (χ3v) is 5.55. The molecule has 18 heavy (non-hydrogen) atoms. The molecule has 0 saturated carbocycles. The van der Waals surface area contributed by atoms with Crippen LogP contribution in [0, 0.1) is 6.92 Å². The molecule has 0 atom stereocenters. The summed E-state index contributed by atoms with van der Waals surface area (Å²) in [5.74, 6) is 0. The Morgan fingerprint density at radius 2 is 2.11 bits per heavy atom. The topological polar surface area (TPSA) is 72.0 Å². The number of anilines is 1. The van der Waals surface area contributed by atoms with Gasteiger partial charge in [0.25, 0.3) is 10.0 Å². The highest BCUT2D eigenvalue weighted by Crippen LogP contribution is 2.29. The molecule has 9 heteroatoms. The number of pyridine rings is 1. The normalized spacial score (nSPS) is 11.5. The molecule has 0 fully saturated rings. The first-order valence-corrected chi connectivity index (χ1v) is 7.71. The summed E-state index contributed by atoms with van der Waals surface area (Å²) >= 11 is 12.4. The monoisotopic (exact) mass is 323 g/mol. The van der Waals surface area contributed by atoms with Gasteiger partial charge in [0.05, 0.1) is 22.6 Å². The van der Waals surface area contributed by atoms with Crippen molar-refractivity contribution in [2.24, 2.45) is 0 Å². The highest BCUT2D eigenvalue weighted by atomic mass is 35.5. The van der Waals surface area contributed by atoms with E-state index in [1.807, 2.05) is 0 Å². The molecule has 0 aliphatic heterocycles. The molecular weight excluding hydrogens is 317 g/mol.